The predicted molar refractivity (Wildman–Crippen MR) is 91.1 cm³/mol. The lowest BCUT2D eigenvalue weighted by atomic mass is 10.1. The summed E-state index contributed by atoms with van der Waals surface area (Å²) in [5.41, 5.74) is 0.385. The molecule has 122 valence electrons. The minimum Gasteiger partial charge on any atom is -0.387 e. The van der Waals surface area contributed by atoms with Gasteiger partial charge in [0.2, 0.25) is 0 Å². The lowest BCUT2D eigenvalue weighted by Crippen LogP contribution is -2.30. The molecule has 3 rings (SSSR count). The van der Waals surface area contributed by atoms with Gasteiger partial charge in [0.25, 0.3) is 11.5 Å². The van der Waals surface area contributed by atoms with Crippen molar-refractivity contribution in [3.05, 3.63) is 75.2 Å². The van der Waals surface area contributed by atoms with E-state index in [9.17, 15) is 14.7 Å². The molecular weight excluding hydrogens is 330 g/mol. The van der Waals surface area contributed by atoms with Crippen molar-refractivity contribution in [3.8, 4) is 0 Å². The smallest absolute Gasteiger partial charge is 0.272 e. The fourth-order valence-electron chi connectivity index (χ4n) is 2.36. The Kier molecular flexibility index (Phi) is 4.59. The Morgan fingerprint density at radius 3 is 2.54 bits per heavy atom. The Labute approximate surface area is 142 Å². The van der Waals surface area contributed by atoms with Gasteiger partial charge in [0.05, 0.1) is 11.5 Å². The monoisotopic (exact) mass is 343 g/mol. The molecule has 0 bridgehead atoms. The topological polar surface area (TPSA) is 95.1 Å². The minimum absolute atomic E-state index is 0.00952. The number of hydrogen-bond acceptors (Lipinski definition) is 4. The average Bonchev–Trinajstić information content (AvgIpc) is 2.60. The highest BCUT2D eigenvalue weighted by Gasteiger charge is 2.15. The summed E-state index contributed by atoms with van der Waals surface area (Å²) < 4.78 is 0. The summed E-state index contributed by atoms with van der Waals surface area (Å²) in [6.07, 6.45) is -0.875. The SMILES string of the molecule is O=C(NCC(O)c1ccc(Cl)cc1)c1n[nH]c(=O)c2ccccc12. The Morgan fingerprint density at radius 1 is 1.17 bits per heavy atom. The van der Waals surface area contributed by atoms with Gasteiger partial charge in [0.15, 0.2) is 5.69 Å². The van der Waals surface area contributed by atoms with E-state index in [0.29, 0.717) is 21.4 Å². The summed E-state index contributed by atoms with van der Waals surface area (Å²) in [5, 5.41) is 20.3. The fraction of sp³-hybridized carbons (Fsp3) is 0.118. The standard InChI is InChI=1S/C17H14ClN3O3/c18-11-7-5-10(6-8-11)14(22)9-19-17(24)15-12-3-1-2-4-13(12)16(23)21-20-15/h1-8,14,22H,9H2,(H,19,24)(H,21,23). The third-order valence-electron chi connectivity index (χ3n) is 3.62. The first-order valence-corrected chi connectivity index (χ1v) is 7.63. The van der Waals surface area contributed by atoms with E-state index < -0.39 is 12.0 Å². The van der Waals surface area contributed by atoms with Gasteiger partial charge in [-0.2, -0.15) is 5.10 Å². The number of hydrogen-bond donors (Lipinski definition) is 3. The van der Waals surface area contributed by atoms with Crippen LogP contribution >= 0.6 is 11.6 Å². The van der Waals surface area contributed by atoms with E-state index in [1.807, 2.05) is 0 Å². The number of benzene rings is 2. The number of H-pyrrole nitrogens is 1. The van der Waals surface area contributed by atoms with Gasteiger partial charge in [-0.1, -0.05) is 41.9 Å². The van der Waals surface area contributed by atoms with Crippen molar-refractivity contribution in [1.29, 1.82) is 0 Å². The molecule has 0 aliphatic carbocycles. The maximum Gasteiger partial charge on any atom is 0.272 e. The van der Waals surface area contributed by atoms with Crippen molar-refractivity contribution < 1.29 is 9.90 Å². The zero-order valence-corrected chi connectivity index (χ0v) is 13.2. The second-order valence-electron chi connectivity index (χ2n) is 5.22. The van der Waals surface area contributed by atoms with E-state index in [0.717, 1.165) is 0 Å². The molecule has 0 radical (unpaired) electrons. The molecule has 1 atom stereocenters. The quantitative estimate of drug-likeness (QED) is 0.675. The molecular formula is C17H14ClN3O3. The van der Waals surface area contributed by atoms with Gasteiger partial charge in [-0.05, 0) is 23.8 Å². The van der Waals surface area contributed by atoms with Crippen molar-refractivity contribution in [1.82, 2.24) is 15.5 Å². The molecule has 0 aliphatic rings. The highest BCUT2D eigenvalue weighted by molar-refractivity contribution is 6.30. The summed E-state index contributed by atoms with van der Waals surface area (Å²) in [6.45, 7) is 0.00952. The first-order chi connectivity index (χ1) is 11.6. The fourth-order valence-corrected chi connectivity index (χ4v) is 2.49. The van der Waals surface area contributed by atoms with Crippen molar-refractivity contribution in [2.45, 2.75) is 6.10 Å². The van der Waals surface area contributed by atoms with E-state index in [-0.39, 0.29) is 17.8 Å². The molecule has 6 nitrogen and oxygen atoms in total. The molecule has 1 heterocycles. The summed E-state index contributed by atoms with van der Waals surface area (Å²) in [5.74, 6) is -0.476. The third kappa shape index (κ3) is 3.29. The number of amides is 1. The number of carbonyl (C=O) groups excluding carboxylic acids is 1. The molecule has 7 heteroatoms. The third-order valence-corrected chi connectivity index (χ3v) is 3.87. The molecule has 0 spiro atoms. The molecule has 3 aromatic rings. The molecule has 24 heavy (non-hydrogen) atoms. The van der Waals surface area contributed by atoms with Crippen LogP contribution in [0, 0.1) is 0 Å². The number of halogens is 1. The molecule has 0 fully saturated rings. The van der Waals surface area contributed by atoms with Gasteiger partial charge in [-0.15, -0.1) is 0 Å². The second kappa shape index (κ2) is 6.82. The lowest BCUT2D eigenvalue weighted by molar-refractivity contribution is 0.0912. The Bertz CT molecular complexity index is 938. The lowest BCUT2D eigenvalue weighted by Gasteiger charge is -2.12. The first-order valence-electron chi connectivity index (χ1n) is 7.25. The number of nitrogens with one attached hydrogen (secondary N) is 2. The normalized spacial score (nSPS) is 12.1. The molecule has 1 unspecified atom stereocenters. The molecule has 0 saturated heterocycles. The minimum atomic E-state index is -0.875. The van der Waals surface area contributed by atoms with Gasteiger partial charge in [0, 0.05) is 17.0 Å². The van der Waals surface area contributed by atoms with Crippen LogP contribution in [0.3, 0.4) is 0 Å². The molecule has 3 N–H and O–H groups in total. The van der Waals surface area contributed by atoms with Crippen LogP contribution in [0.25, 0.3) is 10.8 Å². The van der Waals surface area contributed by atoms with Crippen LogP contribution in [0.4, 0.5) is 0 Å². The van der Waals surface area contributed by atoms with Crippen molar-refractivity contribution in [2.24, 2.45) is 0 Å². The van der Waals surface area contributed by atoms with Crippen LogP contribution in [0.5, 0.6) is 0 Å². The predicted octanol–water partition coefficient (Wildman–Crippen LogP) is 2.04. The number of aliphatic hydroxyl groups excluding tert-OH is 1. The molecule has 1 aromatic heterocycles. The van der Waals surface area contributed by atoms with Crippen LogP contribution in [0.2, 0.25) is 5.02 Å². The van der Waals surface area contributed by atoms with E-state index in [1.165, 1.54) is 0 Å². The number of carbonyl (C=O) groups is 1. The van der Waals surface area contributed by atoms with Crippen LogP contribution in [-0.4, -0.2) is 27.8 Å². The molecule has 1 amide bonds. The van der Waals surface area contributed by atoms with Gasteiger partial charge >= 0.3 is 0 Å². The highest BCUT2D eigenvalue weighted by Crippen LogP contribution is 2.16. The van der Waals surface area contributed by atoms with E-state index in [4.69, 9.17) is 11.6 Å². The van der Waals surface area contributed by atoms with Gasteiger partial charge in [0.1, 0.15) is 0 Å². The zero-order valence-electron chi connectivity index (χ0n) is 12.5. The summed E-state index contributed by atoms with van der Waals surface area (Å²) >= 11 is 5.80. The Morgan fingerprint density at radius 2 is 1.83 bits per heavy atom. The number of fused-ring (bicyclic) bond motifs is 1. The van der Waals surface area contributed by atoms with Crippen molar-refractivity contribution >= 4 is 28.3 Å². The van der Waals surface area contributed by atoms with Crippen LogP contribution in [-0.2, 0) is 0 Å². The number of aliphatic hydroxyl groups is 1. The van der Waals surface area contributed by atoms with Crippen LogP contribution in [0.1, 0.15) is 22.2 Å². The first kappa shape index (κ1) is 16.2. The highest BCUT2D eigenvalue weighted by atomic mass is 35.5. The molecule has 2 aromatic carbocycles. The maximum absolute atomic E-state index is 12.3. The molecule has 0 aliphatic heterocycles. The van der Waals surface area contributed by atoms with Crippen LogP contribution < -0.4 is 10.9 Å². The summed E-state index contributed by atoms with van der Waals surface area (Å²) in [6, 6.07) is 13.4. The molecule has 0 saturated carbocycles. The van der Waals surface area contributed by atoms with E-state index in [1.54, 1.807) is 48.5 Å². The number of nitrogens with zero attached hydrogens (tertiary/aromatic N) is 1. The largest absolute Gasteiger partial charge is 0.387 e. The Hall–Kier alpha value is -2.70. The van der Waals surface area contributed by atoms with Crippen LogP contribution in [0.15, 0.2) is 53.3 Å². The van der Waals surface area contributed by atoms with Gasteiger partial charge in [-0.25, -0.2) is 5.10 Å². The number of aromatic amines is 1. The van der Waals surface area contributed by atoms with E-state index >= 15 is 0 Å². The van der Waals surface area contributed by atoms with Gasteiger partial charge in [-0.3, -0.25) is 9.59 Å². The van der Waals surface area contributed by atoms with Crippen molar-refractivity contribution in [2.75, 3.05) is 6.54 Å². The van der Waals surface area contributed by atoms with Gasteiger partial charge < -0.3 is 10.4 Å². The maximum atomic E-state index is 12.3. The second-order valence-corrected chi connectivity index (χ2v) is 5.66. The van der Waals surface area contributed by atoms with Crippen molar-refractivity contribution in [3.63, 3.8) is 0 Å². The average molecular weight is 344 g/mol. The summed E-state index contributed by atoms with van der Waals surface area (Å²) in [4.78, 5) is 24.1. The van der Waals surface area contributed by atoms with E-state index in [2.05, 4.69) is 15.5 Å². The zero-order chi connectivity index (χ0) is 17.1. The Balaban J connectivity index is 1.77. The number of rotatable bonds is 4. The summed E-state index contributed by atoms with van der Waals surface area (Å²) in [7, 11) is 0. The number of aromatic nitrogens is 2.